The molecule has 0 bridgehead atoms. The molecule has 0 saturated carbocycles. The first kappa shape index (κ1) is 13.9. The monoisotopic (exact) mass is 274 g/mol. The summed E-state index contributed by atoms with van der Waals surface area (Å²) in [5.74, 6) is -0.113. The first-order chi connectivity index (χ1) is 9.58. The van der Waals surface area contributed by atoms with Gasteiger partial charge in [-0.1, -0.05) is 18.2 Å². The highest BCUT2D eigenvalue weighted by molar-refractivity contribution is 5.93. The number of methoxy groups -OCH3 is 1. The number of nitrogens with two attached hydrogens (primary N) is 1. The number of halogens is 1. The molecule has 0 unspecified atom stereocenters. The minimum absolute atomic E-state index is 0.139. The van der Waals surface area contributed by atoms with Gasteiger partial charge in [-0.3, -0.25) is 4.79 Å². The maximum atomic E-state index is 13.2. The Hall–Kier alpha value is -2.56. The number of carbonyl (C=O) groups is 1. The molecule has 0 heterocycles. The molecule has 5 heteroatoms. The number of benzene rings is 2. The number of rotatable bonds is 4. The molecule has 0 aromatic heterocycles. The zero-order valence-corrected chi connectivity index (χ0v) is 11.0. The third kappa shape index (κ3) is 3.47. The first-order valence-corrected chi connectivity index (χ1v) is 6.06. The standard InChI is InChI=1S/C15H15FN2O2/c1-20-14-5-3-2-4-10(14)6-15(19)18-13-8-11(16)7-12(17)9-13/h2-5,7-9H,6,17H2,1H3,(H,18,19). The van der Waals surface area contributed by atoms with E-state index in [4.69, 9.17) is 10.5 Å². The fourth-order valence-electron chi connectivity index (χ4n) is 1.91. The number of para-hydroxylation sites is 1. The summed E-state index contributed by atoms with van der Waals surface area (Å²) in [7, 11) is 1.55. The maximum Gasteiger partial charge on any atom is 0.228 e. The number of hydrogen-bond donors (Lipinski definition) is 2. The Morgan fingerprint density at radius 2 is 2.05 bits per heavy atom. The highest BCUT2D eigenvalue weighted by Gasteiger charge is 2.09. The topological polar surface area (TPSA) is 64.3 Å². The molecule has 0 spiro atoms. The molecule has 2 aromatic rings. The van der Waals surface area contributed by atoms with Crippen LogP contribution in [0.15, 0.2) is 42.5 Å². The molecule has 2 aromatic carbocycles. The number of nitrogen functional groups attached to an aromatic ring is 1. The van der Waals surface area contributed by atoms with Crippen molar-refractivity contribution in [2.75, 3.05) is 18.2 Å². The van der Waals surface area contributed by atoms with Gasteiger partial charge in [-0.15, -0.1) is 0 Å². The van der Waals surface area contributed by atoms with Crippen molar-refractivity contribution < 1.29 is 13.9 Å². The van der Waals surface area contributed by atoms with Crippen LogP contribution in [0.4, 0.5) is 15.8 Å². The van der Waals surface area contributed by atoms with Crippen LogP contribution in [-0.2, 0) is 11.2 Å². The zero-order valence-electron chi connectivity index (χ0n) is 11.0. The van der Waals surface area contributed by atoms with Crippen molar-refractivity contribution in [3.8, 4) is 5.75 Å². The largest absolute Gasteiger partial charge is 0.496 e. The van der Waals surface area contributed by atoms with Gasteiger partial charge in [0, 0.05) is 16.9 Å². The number of amides is 1. The highest BCUT2D eigenvalue weighted by Crippen LogP contribution is 2.19. The minimum Gasteiger partial charge on any atom is -0.496 e. The van der Waals surface area contributed by atoms with Crippen LogP contribution in [0.3, 0.4) is 0 Å². The molecule has 3 N–H and O–H groups in total. The molecular formula is C15H15FN2O2. The van der Waals surface area contributed by atoms with Gasteiger partial charge in [0.1, 0.15) is 11.6 Å². The van der Waals surface area contributed by atoms with Crippen LogP contribution in [0.1, 0.15) is 5.56 Å². The van der Waals surface area contributed by atoms with E-state index in [2.05, 4.69) is 5.32 Å². The predicted molar refractivity (Wildman–Crippen MR) is 76.1 cm³/mol. The smallest absolute Gasteiger partial charge is 0.228 e. The second-order valence-corrected chi connectivity index (χ2v) is 4.31. The molecule has 0 aliphatic rings. The van der Waals surface area contributed by atoms with Crippen molar-refractivity contribution in [3.05, 3.63) is 53.8 Å². The van der Waals surface area contributed by atoms with Gasteiger partial charge in [-0.05, 0) is 24.3 Å². The molecule has 0 saturated heterocycles. The molecule has 0 radical (unpaired) electrons. The van der Waals surface area contributed by atoms with Crippen LogP contribution in [0.2, 0.25) is 0 Å². The van der Waals surface area contributed by atoms with Gasteiger partial charge < -0.3 is 15.8 Å². The van der Waals surface area contributed by atoms with Crippen LogP contribution in [0.5, 0.6) is 5.75 Å². The minimum atomic E-state index is -0.488. The van der Waals surface area contributed by atoms with Crippen LogP contribution < -0.4 is 15.8 Å². The summed E-state index contributed by atoms with van der Waals surface area (Å²) in [6.07, 6.45) is 0.139. The van der Waals surface area contributed by atoms with Gasteiger partial charge in [-0.25, -0.2) is 4.39 Å². The molecular weight excluding hydrogens is 259 g/mol. The number of nitrogens with one attached hydrogen (secondary N) is 1. The van der Waals surface area contributed by atoms with Crippen molar-refractivity contribution in [2.45, 2.75) is 6.42 Å². The van der Waals surface area contributed by atoms with Gasteiger partial charge in [-0.2, -0.15) is 0 Å². The van der Waals surface area contributed by atoms with E-state index in [1.54, 1.807) is 19.2 Å². The second-order valence-electron chi connectivity index (χ2n) is 4.31. The Morgan fingerprint density at radius 3 is 2.75 bits per heavy atom. The van der Waals surface area contributed by atoms with E-state index in [1.165, 1.54) is 18.2 Å². The van der Waals surface area contributed by atoms with Crippen LogP contribution >= 0.6 is 0 Å². The molecule has 0 fully saturated rings. The lowest BCUT2D eigenvalue weighted by Crippen LogP contribution is -2.15. The van der Waals surface area contributed by atoms with E-state index >= 15 is 0 Å². The van der Waals surface area contributed by atoms with Gasteiger partial charge in [0.05, 0.1) is 13.5 Å². The Kier molecular flexibility index (Phi) is 4.20. The van der Waals surface area contributed by atoms with E-state index in [0.29, 0.717) is 11.4 Å². The van der Waals surface area contributed by atoms with Crippen molar-refractivity contribution >= 4 is 17.3 Å². The van der Waals surface area contributed by atoms with Gasteiger partial charge >= 0.3 is 0 Å². The Labute approximate surface area is 116 Å². The summed E-state index contributed by atoms with van der Waals surface area (Å²) in [4.78, 5) is 11.9. The zero-order chi connectivity index (χ0) is 14.5. The lowest BCUT2D eigenvalue weighted by atomic mass is 10.1. The average Bonchev–Trinajstić information content (AvgIpc) is 2.37. The Bertz CT molecular complexity index is 609. The molecule has 0 aliphatic carbocycles. The number of hydrogen-bond acceptors (Lipinski definition) is 3. The quantitative estimate of drug-likeness (QED) is 0.842. The fourth-order valence-corrected chi connectivity index (χ4v) is 1.91. The molecule has 20 heavy (non-hydrogen) atoms. The van der Waals surface area contributed by atoms with Crippen molar-refractivity contribution in [1.82, 2.24) is 0 Å². The molecule has 4 nitrogen and oxygen atoms in total. The van der Waals surface area contributed by atoms with E-state index < -0.39 is 5.82 Å². The van der Waals surface area contributed by atoms with Gasteiger partial charge in [0.15, 0.2) is 0 Å². The van der Waals surface area contributed by atoms with Crippen LogP contribution in [-0.4, -0.2) is 13.0 Å². The Morgan fingerprint density at radius 1 is 1.30 bits per heavy atom. The van der Waals surface area contributed by atoms with Crippen LogP contribution in [0, 0.1) is 5.82 Å². The Balaban J connectivity index is 2.09. The summed E-state index contributed by atoms with van der Waals surface area (Å²) in [5, 5.41) is 2.61. The predicted octanol–water partition coefficient (Wildman–Crippen LogP) is 2.60. The van der Waals surface area contributed by atoms with Crippen molar-refractivity contribution in [1.29, 1.82) is 0 Å². The molecule has 1 amide bonds. The third-order valence-electron chi connectivity index (χ3n) is 2.75. The second kappa shape index (κ2) is 6.06. The van der Waals surface area contributed by atoms with Gasteiger partial charge in [0.2, 0.25) is 5.91 Å². The summed E-state index contributed by atoms with van der Waals surface area (Å²) in [6, 6.07) is 11.1. The molecule has 104 valence electrons. The van der Waals surface area contributed by atoms with Crippen molar-refractivity contribution in [2.24, 2.45) is 0 Å². The van der Waals surface area contributed by atoms with E-state index in [-0.39, 0.29) is 18.0 Å². The van der Waals surface area contributed by atoms with Gasteiger partial charge in [0.25, 0.3) is 0 Å². The van der Waals surface area contributed by atoms with E-state index in [9.17, 15) is 9.18 Å². The molecule has 2 rings (SSSR count). The lowest BCUT2D eigenvalue weighted by molar-refractivity contribution is -0.115. The molecule has 0 atom stereocenters. The maximum absolute atomic E-state index is 13.2. The highest BCUT2D eigenvalue weighted by atomic mass is 19.1. The summed E-state index contributed by atoms with van der Waals surface area (Å²) >= 11 is 0. The first-order valence-electron chi connectivity index (χ1n) is 6.06. The van der Waals surface area contributed by atoms with Crippen LogP contribution in [0.25, 0.3) is 0 Å². The fraction of sp³-hybridized carbons (Fsp3) is 0.133. The molecule has 0 aliphatic heterocycles. The number of ether oxygens (including phenoxy) is 1. The average molecular weight is 274 g/mol. The normalized spacial score (nSPS) is 10.1. The van der Waals surface area contributed by atoms with Crippen molar-refractivity contribution in [3.63, 3.8) is 0 Å². The summed E-state index contributed by atoms with van der Waals surface area (Å²) < 4.78 is 18.3. The summed E-state index contributed by atoms with van der Waals surface area (Å²) in [6.45, 7) is 0. The summed E-state index contributed by atoms with van der Waals surface area (Å²) in [5.41, 5.74) is 6.88. The number of carbonyl (C=O) groups excluding carboxylic acids is 1. The SMILES string of the molecule is COc1ccccc1CC(=O)Nc1cc(N)cc(F)c1. The van der Waals surface area contributed by atoms with E-state index in [1.807, 2.05) is 12.1 Å². The number of anilines is 2. The van der Waals surface area contributed by atoms with E-state index in [0.717, 1.165) is 5.56 Å². The lowest BCUT2D eigenvalue weighted by Gasteiger charge is -2.09. The third-order valence-corrected chi connectivity index (χ3v) is 2.75.